The van der Waals surface area contributed by atoms with Crippen molar-refractivity contribution in [1.29, 1.82) is 0 Å². The van der Waals surface area contributed by atoms with Gasteiger partial charge in [0.2, 0.25) is 0 Å². The third-order valence-electron chi connectivity index (χ3n) is 3.42. The Hall–Kier alpha value is -2.18. The van der Waals surface area contributed by atoms with E-state index in [0.29, 0.717) is 11.5 Å². The Kier molecular flexibility index (Phi) is 4.19. The van der Waals surface area contributed by atoms with Crippen LogP contribution in [-0.4, -0.2) is 19.9 Å². The largest absolute Gasteiger partial charge is 0.361 e. The summed E-state index contributed by atoms with van der Waals surface area (Å²) in [6.07, 6.45) is 3.04. The maximum Gasteiger partial charge on any atom is 0.287 e. The van der Waals surface area contributed by atoms with Crippen molar-refractivity contribution in [2.45, 2.75) is 20.4 Å². The van der Waals surface area contributed by atoms with Crippen molar-refractivity contribution >= 4 is 23.2 Å². The van der Waals surface area contributed by atoms with Gasteiger partial charge in [-0.15, -0.1) is 0 Å². The number of aryl methyl sites for hydroxylation is 2. The molecule has 0 fully saturated rings. The van der Waals surface area contributed by atoms with Crippen LogP contribution < -0.4 is 5.56 Å². The summed E-state index contributed by atoms with van der Waals surface area (Å²) in [6.45, 7) is 3.85. The lowest BCUT2D eigenvalue weighted by atomic mass is 10.1. The fourth-order valence-corrected chi connectivity index (χ4v) is 2.39. The Labute approximate surface area is 141 Å². The molecule has 0 saturated heterocycles. The zero-order chi connectivity index (χ0) is 16.6. The smallest absolute Gasteiger partial charge is 0.287 e. The van der Waals surface area contributed by atoms with Gasteiger partial charge in [-0.3, -0.25) is 9.78 Å². The third-order valence-corrected chi connectivity index (χ3v) is 4.17. The van der Waals surface area contributed by atoms with Crippen LogP contribution in [0.5, 0.6) is 0 Å². The lowest BCUT2D eigenvalue weighted by Crippen LogP contribution is -2.24. The van der Waals surface area contributed by atoms with E-state index in [1.54, 1.807) is 13.1 Å². The Bertz CT molecular complexity index is 916. The molecule has 0 aliphatic rings. The van der Waals surface area contributed by atoms with E-state index in [-0.39, 0.29) is 16.6 Å². The fourth-order valence-electron chi connectivity index (χ4n) is 2.12. The number of halogens is 2. The Morgan fingerprint density at radius 3 is 2.70 bits per heavy atom. The van der Waals surface area contributed by atoms with Crippen molar-refractivity contribution in [3.05, 3.63) is 61.9 Å². The van der Waals surface area contributed by atoms with E-state index in [2.05, 4.69) is 15.2 Å². The number of rotatable bonds is 3. The lowest BCUT2D eigenvalue weighted by Gasteiger charge is -2.06. The van der Waals surface area contributed by atoms with Gasteiger partial charge in [0.15, 0.2) is 0 Å². The summed E-state index contributed by atoms with van der Waals surface area (Å²) >= 11 is 11.7. The van der Waals surface area contributed by atoms with Gasteiger partial charge in [-0.25, -0.2) is 4.68 Å². The van der Waals surface area contributed by atoms with Gasteiger partial charge in [0.25, 0.3) is 5.56 Å². The second kappa shape index (κ2) is 6.14. The lowest BCUT2D eigenvalue weighted by molar-refractivity contribution is 0.397. The summed E-state index contributed by atoms with van der Waals surface area (Å²) in [5.74, 6) is 0.598. The zero-order valence-electron chi connectivity index (χ0n) is 12.4. The van der Waals surface area contributed by atoms with Crippen LogP contribution in [0.25, 0.3) is 11.3 Å². The summed E-state index contributed by atoms with van der Waals surface area (Å²) < 4.78 is 6.49. The molecule has 0 unspecified atom stereocenters. The Morgan fingerprint density at radius 1 is 1.22 bits per heavy atom. The van der Waals surface area contributed by atoms with E-state index in [1.165, 1.54) is 10.9 Å². The molecule has 23 heavy (non-hydrogen) atoms. The highest BCUT2D eigenvalue weighted by Crippen LogP contribution is 2.25. The minimum absolute atomic E-state index is 0.0608. The first kappa shape index (κ1) is 15.7. The molecule has 3 aromatic heterocycles. The number of pyridine rings is 1. The molecule has 6 nitrogen and oxygen atoms in total. The first-order valence-corrected chi connectivity index (χ1v) is 7.52. The number of hydrogen-bond acceptors (Lipinski definition) is 5. The molecule has 118 valence electrons. The summed E-state index contributed by atoms with van der Waals surface area (Å²) in [5, 5.41) is 8.13. The number of nitrogens with zero attached hydrogens (tertiary/aromatic N) is 4. The first-order valence-electron chi connectivity index (χ1n) is 6.76. The minimum Gasteiger partial charge on any atom is -0.361 e. The van der Waals surface area contributed by atoms with Gasteiger partial charge in [-0.1, -0.05) is 28.4 Å². The summed E-state index contributed by atoms with van der Waals surface area (Å²) in [5.41, 5.74) is 2.60. The normalized spacial score (nSPS) is 11.0. The van der Waals surface area contributed by atoms with Crippen molar-refractivity contribution in [1.82, 2.24) is 19.9 Å². The topological polar surface area (TPSA) is 73.8 Å². The molecule has 0 amide bonds. The van der Waals surface area contributed by atoms with Gasteiger partial charge in [0.05, 0.1) is 17.8 Å². The van der Waals surface area contributed by atoms with E-state index in [4.69, 9.17) is 27.7 Å². The molecular weight excluding hydrogens is 339 g/mol. The molecule has 0 N–H and O–H groups in total. The third kappa shape index (κ3) is 3.00. The predicted molar refractivity (Wildman–Crippen MR) is 86.8 cm³/mol. The highest BCUT2D eigenvalue weighted by molar-refractivity contribution is 6.41. The van der Waals surface area contributed by atoms with Gasteiger partial charge >= 0.3 is 0 Å². The van der Waals surface area contributed by atoms with Gasteiger partial charge < -0.3 is 4.52 Å². The molecule has 0 atom stereocenters. The SMILES string of the molecule is Cc1ccc(-c2noc(C)c2Cn2ncc(Cl)c(Cl)c2=O)cn1. The average Bonchev–Trinajstić information content (AvgIpc) is 2.90. The standard InChI is InChI=1S/C15H12Cl2N4O2/c1-8-3-4-10(5-18-8)14-11(9(2)23-20-14)7-21-15(22)13(17)12(16)6-19-21/h3-6H,7H2,1-2H3. The number of aromatic nitrogens is 4. The van der Waals surface area contributed by atoms with Crippen LogP contribution in [0, 0.1) is 13.8 Å². The van der Waals surface area contributed by atoms with Crippen LogP contribution in [-0.2, 0) is 6.54 Å². The Balaban J connectivity index is 2.05. The van der Waals surface area contributed by atoms with Crippen LogP contribution in [0.1, 0.15) is 17.0 Å². The van der Waals surface area contributed by atoms with Gasteiger partial charge in [-0.2, -0.15) is 5.10 Å². The van der Waals surface area contributed by atoms with E-state index in [1.807, 2.05) is 19.1 Å². The molecule has 0 radical (unpaired) electrons. The van der Waals surface area contributed by atoms with E-state index < -0.39 is 5.56 Å². The van der Waals surface area contributed by atoms with Gasteiger partial charge in [0.1, 0.15) is 16.5 Å². The van der Waals surface area contributed by atoms with Crippen LogP contribution in [0.15, 0.2) is 33.8 Å². The van der Waals surface area contributed by atoms with E-state index in [0.717, 1.165) is 16.8 Å². The molecule has 0 aliphatic carbocycles. The number of hydrogen-bond donors (Lipinski definition) is 0. The molecule has 8 heteroatoms. The second-order valence-corrected chi connectivity index (χ2v) is 5.81. The van der Waals surface area contributed by atoms with Crippen LogP contribution in [0.2, 0.25) is 10.0 Å². The summed E-state index contributed by atoms with van der Waals surface area (Å²) in [7, 11) is 0. The van der Waals surface area contributed by atoms with Crippen LogP contribution in [0.4, 0.5) is 0 Å². The zero-order valence-corrected chi connectivity index (χ0v) is 13.9. The van der Waals surface area contributed by atoms with Crippen LogP contribution >= 0.6 is 23.2 Å². The highest BCUT2D eigenvalue weighted by atomic mass is 35.5. The van der Waals surface area contributed by atoms with Gasteiger partial charge in [-0.05, 0) is 26.0 Å². The molecule has 0 aliphatic heterocycles. The fraction of sp³-hybridized carbons (Fsp3) is 0.200. The molecule has 3 heterocycles. The molecule has 3 rings (SSSR count). The minimum atomic E-state index is -0.465. The van der Waals surface area contributed by atoms with Crippen LogP contribution in [0.3, 0.4) is 0 Å². The highest BCUT2D eigenvalue weighted by Gasteiger charge is 2.17. The summed E-state index contributed by atoms with van der Waals surface area (Å²) in [4.78, 5) is 16.4. The molecule has 0 bridgehead atoms. The Morgan fingerprint density at radius 2 is 2.00 bits per heavy atom. The van der Waals surface area contributed by atoms with Crippen molar-refractivity contribution in [3.8, 4) is 11.3 Å². The maximum atomic E-state index is 12.1. The summed E-state index contributed by atoms with van der Waals surface area (Å²) in [6, 6.07) is 3.78. The van der Waals surface area contributed by atoms with Crippen molar-refractivity contribution < 1.29 is 4.52 Å². The molecule has 3 aromatic rings. The molecule has 0 aromatic carbocycles. The second-order valence-electron chi connectivity index (χ2n) is 5.02. The average molecular weight is 351 g/mol. The van der Waals surface area contributed by atoms with Crippen molar-refractivity contribution in [3.63, 3.8) is 0 Å². The first-order chi connectivity index (χ1) is 11.0. The maximum absolute atomic E-state index is 12.1. The quantitative estimate of drug-likeness (QED) is 0.724. The van der Waals surface area contributed by atoms with Crippen molar-refractivity contribution in [2.24, 2.45) is 0 Å². The molecule has 0 spiro atoms. The molecule has 0 saturated carbocycles. The van der Waals surface area contributed by atoms with Crippen molar-refractivity contribution in [2.75, 3.05) is 0 Å². The van der Waals surface area contributed by atoms with Gasteiger partial charge in [0, 0.05) is 23.0 Å². The monoisotopic (exact) mass is 350 g/mol. The van der Waals surface area contributed by atoms with E-state index in [9.17, 15) is 4.79 Å². The predicted octanol–water partition coefficient (Wildman–Crippen LogP) is 3.27. The van der Waals surface area contributed by atoms with E-state index >= 15 is 0 Å². The molecular formula is C15H12Cl2N4O2.